The first-order valence-corrected chi connectivity index (χ1v) is 14.1. The maximum absolute atomic E-state index is 13.8. The molecule has 1 unspecified atom stereocenters. The Morgan fingerprint density at radius 3 is 2.41 bits per heavy atom. The van der Waals surface area contributed by atoms with Crippen molar-refractivity contribution in [2.45, 2.75) is 45.3 Å². The summed E-state index contributed by atoms with van der Waals surface area (Å²) in [6.07, 6.45) is 0.796. The third kappa shape index (κ3) is 6.61. The van der Waals surface area contributed by atoms with Crippen LogP contribution in [0, 0.1) is 11.3 Å². The van der Waals surface area contributed by atoms with Crippen molar-refractivity contribution in [2.75, 3.05) is 20.8 Å². The Kier molecular flexibility index (Phi) is 9.47. The minimum atomic E-state index is -0.931. The SMILES string of the molecule is COCCC(C(=O)Cc1ccc2c(=O)n(C)n(C(=O)OC(C)(C)C)c2c1)n1cc(OC)c(-c2cc(Cl)ccc2C#N)cc1=O. The van der Waals surface area contributed by atoms with Crippen LogP contribution < -0.4 is 15.9 Å². The molecule has 1 atom stereocenters. The van der Waals surface area contributed by atoms with Gasteiger partial charge in [0, 0.05) is 49.4 Å². The third-order valence-electron chi connectivity index (χ3n) is 7.02. The van der Waals surface area contributed by atoms with Gasteiger partial charge in [-0.2, -0.15) is 9.94 Å². The second kappa shape index (κ2) is 12.9. The summed E-state index contributed by atoms with van der Waals surface area (Å²) in [5.41, 5.74) is 0.242. The number of Topliss-reactive ketones (excluding diaryl/α,β-unsaturated/α-hetero) is 1. The summed E-state index contributed by atoms with van der Waals surface area (Å²) in [7, 11) is 4.38. The zero-order valence-electron chi connectivity index (χ0n) is 25.3. The van der Waals surface area contributed by atoms with Gasteiger partial charge >= 0.3 is 6.09 Å². The predicted octanol–water partition coefficient (Wildman–Crippen LogP) is 4.87. The number of benzene rings is 2. The molecular weight excluding hydrogens is 588 g/mol. The Labute approximate surface area is 258 Å². The summed E-state index contributed by atoms with van der Waals surface area (Å²) in [6, 6.07) is 12.0. The van der Waals surface area contributed by atoms with Crippen molar-refractivity contribution in [3.63, 3.8) is 0 Å². The summed E-state index contributed by atoms with van der Waals surface area (Å²) < 4.78 is 19.9. The third-order valence-corrected chi connectivity index (χ3v) is 7.25. The summed E-state index contributed by atoms with van der Waals surface area (Å²) in [6.45, 7) is 5.36. The standard InChI is InChI=1S/C32H33ClN4O7/c1-32(2,3)44-31(41)37-26-13-19(7-10-22(26)30(40)35(37)4)14-27(38)25(11-12-42-5)36-18-28(43-6)24(16-29(36)39)23-15-21(33)9-8-20(23)17-34/h7-10,13,15-16,18,25H,11-12,14H2,1-6H3. The molecule has 4 aromatic rings. The highest BCUT2D eigenvalue weighted by molar-refractivity contribution is 6.31. The molecule has 230 valence electrons. The van der Waals surface area contributed by atoms with Crippen molar-refractivity contribution in [3.05, 3.63) is 85.5 Å². The average Bonchev–Trinajstić information content (AvgIpc) is 3.21. The molecule has 0 aliphatic heterocycles. The lowest BCUT2D eigenvalue weighted by atomic mass is 9.98. The van der Waals surface area contributed by atoms with Gasteiger partial charge < -0.3 is 18.8 Å². The topological polar surface area (TPSA) is 135 Å². The van der Waals surface area contributed by atoms with E-state index in [9.17, 15) is 24.4 Å². The molecule has 0 radical (unpaired) electrons. The van der Waals surface area contributed by atoms with E-state index in [1.807, 2.05) is 0 Å². The maximum Gasteiger partial charge on any atom is 0.434 e. The second-order valence-corrected chi connectivity index (χ2v) is 11.7. The van der Waals surface area contributed by atoms with Crippen LogP contribution in [0.1, 0.15) is 44.4 Å². The lowest BCUT2D eigenvalue weighted by molar-refractivity contribution is -0.122. The minimum absolute atomic E-state index is 0.106. The number of ketones is 1. The Hall–Kier alpha value is -4.66. The van der Waals surface area contributed by atoms with Crippen LogP contribution in [0.3, 0.4) is 0 Å². The van der Waals surface area contributed by atoms with E-state index in [1.54, 1.807) is 57.2 Å². The first kappa shape index (κ1) is 32.3. The number of hydrogen-bond donors (Lipinski definition) is 0. The molecule has 44 heavy (non-hydrogen) atoms. The van der Waals surface area contributed by atoms with Gasteiger partial charge in [0.2, 0.25) is 0 Å². The molecule has 0 N–H and O–H groups in total. The van der Waals surface area contributed by atoms with E-state index in [0.29, 0.717) is 38.2 Å². The number of ether oxygens (including phenoxy) is 3. The molecule has 2 aromatic heterocycles. The number of carbonyl (C=O) groups is 2. The number of carbonyl (C=O) groups excluding carboxylic acids is 2. The van der Waals surface area contributed by atoms with Gasteiger partial charge in [-0.05, 0) is 63.1 Å². The van der Waals surface area contributed by atoms with Crippen molar-refractivity contribution in [2.24, 2.45) is 7.05 Å². The summed E-state index contributed by atoms with van der Waals surface area (Å²) in [4.78, 5) is 53.1. The molecule has 0 saturated carbocycles. The number of nitriles is 1. The molecule has 0 aliphatic carbocycles. The fraction of sp³-hybridized carbons (Fsp3) is 0.344. The predicted molar refractivity (Wildman–Crippen MR) is 165 cm³/mol. The van der Waals surface area contributed by atoms with Crippen LogP contribution in [0.2, 0.25) is 5.02 Å². The molecule has 0 spiro atoms. The monoisotopic (exact) mass is 620 g/mol. The van der Waals surface area contributed by atoms with E-state index < -0.39 is 23.3 Å². The van der Waals surface area contributed by atoms with Gasteiger partial charge in [-0.3, -0.25) is 14.4 Å². The summed E-state index contributed by atoms with van der Waals surface area (Å²) in [5, 5.41) is 10.3. The van der Waals surface area contributed by atoms with Gasteiger partial charge in [-0.25, -0.2) is 9.48 Å². The van der Waals surface area contributed by atoms with E-state index in [4.69, 9.17) is 25.8 Å². The molecular formula is C32H33ClN4O7. The minimum Gasteiger partial charge on any atom is -0.495 e. The van der Waals surface area contributed by atoms with Crippen LogP contribution >= 0.6 is 11.6 Å². The number of nitrogens with zero attached hydrogens (tertiary/aromatic N) is 4. The number of rotatable bonds is 9. The normalized spacial score (nSPS) is 12.1. The number of methoxy groups -OCH3 is 2. The summed E-state index contributed by atoms with van der Waals surface area (Å²) >= 11 is 6.18. The fourth-order valence-electron chi connectivity index (χ4n) is 4.98. The lowest BCUT2D eigenvalue weighted by Gasteiger charge is -2.21. The Morgan fingerprint density at radius 2 is 1.77 bits per heavy atom. The molecule has 2 heterocycles. The Morgan fingerprint density at radius 1 is 1.05 bits per heavy atom. The highest BCUT2D eigenvalue weighted by atomic mass is 35.5. The Bertz CT molecular complexity index is 1910. The number of halogens is 1. The van der Waals surface area contributed by atoms with Crippen molar-refractivity contribution in [1.82, 2.24) is 13.9 Å². The van der Waals surface area contributed by atoms with Crippen LogP contribution in [-0.2, 0) is 27.7 Å². The fourth-order valence-corrected chi connectivity index (χ4v) is 5.15. The second-order valence-electron chi connectivity index (χ2n) is 11.2. The van der Waals surface area contributed by atoms with Gasteiger partial charge in [-0.15, -0.1) is 0 Å². The van der Waals surface area contributed by atoms with Gasteiger partial charge in [-0.1, -0.05) is 17.7 Å². The highest BCUT2D eigenvalue weighted by Gasteiger charge is 2.26. The van der Waals surface area contributed by atoms with Gasteiger partial charge in [0.15, 0.2) is 5.78 Å². The van der Waals surface area contributed by atoms with Gasteiger partial charge in [0.25, 0.3) is 11.1 Å². The number of aromatic nitrogens is 3. The van der Waals surface area contributed by atoms with Gasteiger partial charge in [0.05, 0.1) is 41.9 Å². The molecule has 0 bridgehead atoms. The van der Waals surface area contributed by atoms with E-state index in [2.05, 4.69) is 6.07 Å². The average molecular weight is 621 g/mol. The number of pyridine rings is 1. The van der Waals surface area contributed by atoms with E-state index >= 15 is 0 Å². The zero-order valence-corrected chi connectivity index (χ0v) is 26.1. The van der Waals surface area contributed by atoms with Crippen LogP contribution in [0.4, 0.5) is 4.79 Å². The van der Waals surface area contributed by atoms with Crippen LogP contribution in [-0.4, -0.2) is 52.2 Å². The van der Waals surface area contributed by atoms with Crippen LogP contribution in [0.25, 0.3) is 22.0 Å². The van der Waals surface area contributed by atoms with Crippen LogP contribution in [0.5, 0.6) is 5.75 Å². The number of fused-ring (bicyclic) bond motifs is 1. The largest absolute Gasteiger partial charge is 0.495 e. The van der Waals surface area contributed by atoms with Crippen LogP contribution in [0.15, 0.2) is 58.3 Å². The molecule has 0 fully saturated rings. The molecule has 0 aliphatic rings. The van der Waals surface area contributed by atoms with E-state index in [-0.39, 0.29) is 36.5 Å². The molecule has 2 aromatic carbocycles. The van der Waals surface area contributed by atoms with Crippen molar-refractivity contribution >= 4 is 34.4 Å². The maximum atomic E-state index is 13.8. The lowest BCUT2D eigenvalue weighted by Crippen LogP contribution is -2.32. The summed E-state index contributed by atoms with van der Waals surface area (Å²) in [5.74, 6) is -0.0356. The first-order valence-electron chi connectivity index (χ1n) is 13.8. The molecule has 11 nitrogen and oxygen atoms in total. The van der Waals surface area contributed by atoms with Crippen molar-refractivity contribution in [3.8, 4) is 22.9 Å². The molecule has 0 saturated heterocycles. The van der Waals surface area contributed by atoms with E-state index in [1.165, 1.54) is 38.1 Å². The molecule has 12 heteroatoms. The number of hydrogen-bond acceptors (Lipinski definition) is 8. The van der Waals surface area contributed by atoms with Gasteiger partial charge in [0.1, 0.15) is 11.4 Å². The van der Waals surface area contributed by atoms with Crippen molar-refractivity contribution in [1.29, 1.82) is 5.26 Å². The molecule has 4 rings (SSSR count). The Balaban J connectivity index is 1.75. The zero-order chi connectivity index (χ0) is 32.3. The quantitative estimate of drug-likeness (QED) is 0.259. The molecule has 0 amide bonds. The smallest absolute Gasteiger partial charge is 0.434 e. The van der Waals surface area contributed by atoms with Crippen molar-refractivity contribution < 1.29 is 23.8 Å². The first-order chi connectivity index (χ1) is 20.8. The van der Waals surface area contributed by atoms with E-state index in [0.717, 1.165) is 9.36 Å². The highest BCUT2D eigenvalue weighted by Crippen LogP contribution is 2.33.